The monoisotopic (exact) mass is 788 g/mol. The molecule has 0 bridgehead atoms. The minimum Gasteiger partial charge on any atom is -0.456 e. The fraction of sp³-hybridized carbons (Fsp3) is 0.300. The SMILES string of the molecule is CC(C)(C)OC(=O)c1cc(NC(=O)[C@H](Cc2ccc(I)cc2)NC(=O)OCC2c3ccccc3-c3ccccc32)cc(C(=O)OC(C)(C)C)c1. The lowest BCUT2D eigenvalue weighted by atomic mass is 9.98. The predicted molar refractivity (Wildman–Crippen MR) is 200 cm³/mol. The summed E-state index contributed by atoms with van der Waals surface area (Å²) in [5, 5.41) is 5.54. The smallest absolute Gasteiger partial charge is 0.407 e. The lowest BCUT2D eigenvalue weighted by molar-refractivity contribution is -0.118. The van der Waals surface area contributed by atoms with Crippen molar-refractivity contribution in [2.24, 2.45) is 0 Å². The summed E-state index contributed by atoms with van der Waals surface area (Å²) in [6, 6.07) is 26.8. The molecule has 2 amide bonds. The van der Waals surface area contributed by atoms with Crippen LogP contribution in [0.3, 0.4) is 0 Å². The number of ether oxygens (including phenoxy) is 3. The van der Waals surface area contributed by atoms with E-state index in [1.54, 1.807) is 41.5 Å². The van der Waals surface area contributed by atoms with Gasteiger partial charge in [0, 0.05) is 21.6 Å². The van der Waals surface area contributed by atoms with Gasteiger partial charge in [0.2, 0.25) is 5.91 Å². The average molecular weight is 789 g/mol. The van der Waals surface area contributed by atoms with E-state index in [0.29, 0.717) is 0 Å². The first kappa shape index (κ1) is 36.6. The molecular weight excluding hydrogens is 747 g/mol. The van der Waals surface area contributed by atoms with Crippen molar-refractivity contribution in [2.75, 3.05) is 11.9 Å². The Balaban J connectivity index is 1.38. The van der Waals surface area contributed by atoms with Gasteiger partial charge in [0.1, 0.15) is 23.9 Å². The highest BCUT2D eigenvalue weighted by Crippen LogP contribution is 2.44. The van der Waals surface area contributed by atoms with Crippen LogP contribution in [0.4, 0.5) is 10.5 Å². The molecule has 0 aliphatic heterocycles. The number of alkyl carbamates (subject to hydrolysis) is 1. The first-order valence-corrected chi connectivity index (χ1v) is 17.4. The Morgan fingerprint density at radius 3 is 1.72 bits per heavy atom. The van der Waals surface area contributed by atoms with Crippen molar-refractivity contribution in [1.82, 2.24) is 5.32 Å². The van der Waals surface area contributed by atoms with Crippen LogP contribution in [0, 0.1) is 3.57 Å². The van der Waals surface area contributed by atoms with Gasteiger partial charge < -0.3 is 24.8 Å². The van der Waals surface area contributed by atoms with Gasteiger partial charge in [-0.1, -0.05) is 60.7 Å². The molecule has 0 saturated heterocycles. The van der Waals surface area contributed by atoms with E-state index in [1.807, 2.05) is 60.7 Å². The maximum atomic E-state index is 13.9. The number of halogens is 1. The third-order valence-electron chi connectivity index (χ3n) is 7.78. The molecule has 0 saturated carbocycles. The standard InChI is InChI=1S/C40H41IN2O7/c1-39(2,3)49-36(45)25-20-26(37(46)50-40(4,5)6)22-28(21-25)42-35(44)34(19-24-15-17-27(41)18-16-24)43-38(47)48-23-33-31-13-9-7-11-29(31)30-12-8-10-14-32(30)33/h7-18,20-22,33-34H,19,23H2,1-6H3,(H,42,44)(H,43,47)/t34-/m0/s1. The third-order valence-corrected chi connectivity index (χ3v) is 8.49. The highest BCUT2D eigenvalue weighted by molar-refractivity contribution is 14.1. The van der Waals surface area contributed by atoms with Gasteiger partial charge in [-0.05, 0) is 122 Å². The molecule has 1 atom stereocenters. The molecule has 0 unspecified atom stereocenters. The molecule has 260 valence electrons. The van der Waals surface area contributed by atoms with Gasteiger partial charge in [0.05, 0.1) is 11.1 Å². The zero-order valence-electron chi connectivity index (χ0n) is 29.0. The maximum Gasteiger partial charge on any atom is 0.407 e. The van der Waals surface area contributed by atoms with Crippen molar-refractivity contribution in [3.63, 3.8) is 0 Å². The van der Waals surface area contributed by atoms with Gasteiger partial charge in [0.15, 0.2) is 0 Å². The number of hydrogen-bond donors (Lipinski definition) is 2. The summed E-state index contributed by atoms with van der Waals surface area (Å²) < 4.78 is 17.9. The Bertz CT molecular complexity index is 1820. The second-order valence-corrected chi connectivity index (χ2v) is 15.4. The number of carbonyl (C=O) groups excluding carboxylic acids is 4. The number of fused-ring (bicyclic) bond motifs is 3. The van der Waals surface area contributed by atoms with E-state index in [-0.39, 0.29) is 35.8 Å². The van der Waals surface area contributed by atoms with Gasteiger partial charge in [-0.15, -0.1) is 0 Å². The van der Waals surface area contributed by atoms with Crippen molar-refractivity contribution < 1.29 is 33.4 Å². The van der Waals surface area contributed by atoms with E-state index in [2.05, 4.69) is 45.4 Å². The van der Waals surface area contributed by atoms with Crippen molar-refractivity contribution in [3.8, 4) is 11.1 Å². The summed E-state index contributed by atoms with van der Waals surface area (Å²) in [6.07, 6.45) is -0.605. The molecule has 10 heteroatoms. The molecule has 0 heterocycles. The van der Waals surface area contributed by atoms with Crippen LogP contribution in [-0.2, 0) is 25.4 Å². The summed E-state index contributed by atoms with van der Waals surface area (Å²) >= 11 is 2.20. The molecule has 1 aliphatic carbocycles. The zero-order chi connectivity index (χ0) is 36.2. The third kappa shape index (κ3) is 9.50. The zero-order valence-corrected chi connectivity index (χ0v) is 31.1. The molecule has 5 rings (SSSR count). The summed E-state index contributed by atoms with van der Waals surface area (Å²) in [5.41, 5.74) is 3.82. The van der Waals surface area contributed by atoms with Crippen LogP contribution in [-0.4, -0.2) is 47.8 Å². The molecule has 4 aromatic carbocycles. The fourth-order valence-electron chi connectivity index (χ4n) is 5.69. The number of esters is 2. The molecule has 0 fully saturated rings. The number of amides is 2. The van der Waals surface area contributed by atoms with Gasteiger partial charge >= 0.3 is 18.0 Å². The molecule has 1 aliphatic rings. The summed E-state index contributed by atoms with van der Waals surface area (Å²) in [4.78, 5) is 53.4. The Labute approximate surface area is 306 Å². The number of nitrogens with one attached hydrogen (secondary N) is 2. The molecule has 50 heavy (non-hydrogen) atoms. The topological polar surface area (TPSA) is 120 Å². The largest absolute Gasteiger partial charge is 0.456 e. The molecule has 0 radical (unpaired) electrons. The predicted octanol–water partition coefficient (Wildman–Crippen LogP) is 8.29. The van der Waals surface area contributed by atoms with E-state index in [9.17, 15) is 19.2 Å². The highest BCUT2D eigenvalue weighted by Gasteiger charge is 2.30. The number of hydrogen-bond acceptors (Lipinski definition) is 7. The Morgan fingerprint density at radius 1 is 0.720 bits per heavy atom. The van der Waals surface area contributed by atoms with Crippen molar-refractivity contribution >= 4 is 52.2 Å². The first-order chi connectivity index (χ1) is 23.6. The number of anilines is 1. The van der Waals surface area contributed by atoms with Crippen LogP contribution in [0.25, 0.3) is 11.1 Å². The van der Waals surface area contributed by atoms with Crippen molar-refractivity contribution in [2.45, 2.75) is 71.1 Å². The highest BCUT2D eigenvalue weighted by atomic mass is 127. The fourth-order valence-corrected chi connectivity index (χ4v) is 6.05. The van der Waals surface area contributed by atoms with E-state index in [0.717, 1.165) is 31.4 Å². The minimum atomic E-state index is -1.07. The van der Waals surface area contributed by atoms with E-state index < -0.39 is 41.2 Å². The Kier molecular flexibility index (Phi) is 11.0. The van der Waals surface area contributed by atoms with Crippen LogP contribution < -0.4 is 10.6 Å². The molecular formula is C40H41IN2O7. The second kappa shape index (κ2) is 15.0. The lowest BCUT2D eigenvalue weighted by Gasteiger charge is -2.22. The number of rotatable bonds is 9. The van der Waals surface area contributed by atoms with Crippen molar-refractivity contribution in [3.05, 3.63) is 122 Å². The minimum absolute atomic E-state index is 0.0530. The van der Waals surface area contributed by atoms with Gasteiger partial charge in [-0.25, -0.2) is 14.4 Å². The molecule has 2 N–H and O–H groups in total. The second-order valence-electron chi connectivity index (χ2n) is 14.1. The average Bonchev–Trinajstić information content (AvgIpc) is 3.36. The molecule has 0 aromatic heterocycles. The maximum absolute atomic E-state index is 13.9. The van der Waals surface area contributed by atoms with Crippen LogP contribution in [0.15, 0.2) is 91.0 Å². The summed E-state index contributed by atoms with van der Waals surface area (Å²) in [6.45, 7) is 10.5. The van der Waals surface area contributed by atoms with Crippen LogP contribution >= 0.6 is 22.6 Å². The Morgan fingerprint density at radius 2 is 1.22 bits per heavy atom. The van der Waals surface area contributed by atoms with Crippen LogP contribution in [0.5, 0.6) is 0 Å². The summed E-state index contributed by atoms with van der Waals surface area (Å²) in [5.74, 6) is -2.08. The van der Waals surface area contributed by atoms with E-state index in [4.69, 9.17) is 14.2 Å². The Hall–Kier alpha value is -4.71. The van der Waals surface area contributed by atoms with Crippen LogP contribution in [0.2, 0.25) is 0 Å². The number of benzene rings is 4. The van der Waals surface area contributed by atoms with Gasteiger partial charge in [0.25, 0.3) is 0 Å². The lowest BCUT2D eigenvalue weighted by Crippen LogP contribution is -2.45. The van der Waals surface area contributed by atoms with E-state index >= 15 is 0 Å². The molecule has 4 aromatic rings. The van der Waals surface area contributed by atoms with E-state index in [1.165, 1.54) is 18.2 Å². The number of carbonyl (C=O) groups is 4. The quantitative estimate of drug-likeness (QED) is 0.0996. The molecule has 0 spiro atoms. The summed E-state index contributed by atoms with van der Waals surface area (Å²) in [7, 11) is 0. The first-order valence-electron chi connectivity index (χ1n) is 16.3. The van der Waals surface area contributed by atoms with Gasteiger partial charge in [-0.3, -0.25) is 4.79 Å². The normalized spacial score (nSPS) is 13.0. The van der Waals surface area contributed by atoms with Crippen LogP contribution in [0.1, 0.15) is 84.9 Å². The van der Waals surface area contributed by atoms with Gasteiger partial charge in [-0.2, -0.15) is 0 Å². The van der Waals surface area contributed by atoms with Crippen molar-refractivity contribution in [1.29, 1.82) is 0 Å². The molecule has 9 nitrogen and oxygen atoms in total.